The van der Waals surface area contributed by atoms with Crippen LogP contribution in [0.25, 0.3) is 22.2 Å². The Morgan fingerprint density at radius 2 is 1.94 bits per heavy atom. The van der Waals surface area contributed by atoms with Gasteiger partial charge in [-0.05, 0) is 31.0 Å². The zero-order valence-electron chi connectivity index (χ0n) is 16.2. The van der Waals surface area contributed by atoms with Crippen molar-refractivity contribution in [1.82, 2.24) is 25.3 Å². The van der Waals surface area contributed by atoms with E-state index >= 15 is 0 Å². The maximum atomic E-state index is 12.7. The summed E-state index contributed by atoms with van der Waals surface area (Å²) < 4.78 is 48.8. The minimum Gasteiger partial charge on any atom is -0.468 e. The highest BCUT2D eigenvalue weighted by Crippen LogP contribution is 2.36. The normalized spacial score (nSPS) is 25.5. The Hall–Kier alpha value is -3.21. The van der Waals surface area contributed by atoms with Crippen molar-refractivity contribution in [2.45, 2.75) is 31.3 Å². The third-order valence-corrected chi connectivity index (χ3v) is 5.77. The van der Waals surface area contributed by atoms with E-state index in [1.54, 1.807) is 23.2 Å². The number of nitrogens with one attached hydrogen (secondary N) is 1. The molecule has 3 aliphatic rings. The highest BCUT2D eigenvalue weighted by atomic mass is 19.4. The molecule has 3 saturated heterocycles. The molecule has 3 aliphatic heterocycles. The van der Waals surface area contributed by atoms with E-state index in [0.717, 1.165) is 29.3 Å². The lowest BCUT2D eigenvalue weighted by Gasteiger charge is -2.48. The summed E-state index contributed by atoms with van der Waals surface area (Å²) in [7, 11) is 0. The first kappa shape index (κ1) is 19.7. The number of alkyl halides is 3. The maximum absolute atomic E-state index is 12.7. The summed E-state index contributed by atoms with van der Waals surface area (Å²) in [6.45, 7) is 1.11. The van der Waals surface area contributed by atoms with Gasteiger partial charge in [-0.1, -0.05) is 6.07 Å². The fourth-order valence-electron chi connectivity index (χ4n) is 4.19. The maximum Gasteiger partial charge on any atom is 0.490 e. The Kier molecular flexibility index (Phi) is 4.77. The SMILES string of the molecule is O=C(OC1[C@@H](Oc2ccc(-c3ccc4[nH]ncc4c3)nn2)C2CCN1CC2)C(F)(F)F. The summed E-state index contributed by atoms with van der Waals surface area (Å²) in [5.41, 5.74) is 2.36. The average molecular weight is 433 g/mol. The fraction of sp³-hybridized carbons (Fsp3) is 0.400. The second kappa shape index (κ2) is 7.49. The van der Waals surface area contributed by atoms with Gasteiger partial charge in [-0.2, -0.15) is 18.3 Å². The van der Waals surface area contributed by atoms with Crippen molar-refractivity contribution in [3.63, 3.8) is 0 Å². The van der Waals surface area contributed by atoms with Gasteiger partial charge in [0.1, 0.15) is 0 Å². The van der Waals surface area contributed by atoms with Gasteiger partial charge < -0.3 is 9.47 Å². The molecule has 2 atom stereocenters. The first-order valence-electron chi connectivity index (χ1n) is 9.84. The van der Waals surface area contributed by atoms with Crippen LogP contribution in [0.2, 0.25) is 0 Å². The van der Waals surface area contributed by atoms with E-state index in [1.165, 1.54) is 0 Å². The van der Waals surface area contributed by atoms with Crippen LogP contribution in [0, 0.1) is 5.92 Å². The number of rotatable bonds is 4. The van der Waals surface area contributed by atoms with Gasteiger partial charge >= 0.3 is 12.1 Å². The van der Waals surface area contributed by atoms with Crippen molar-refractivity contribution < 1.29 is 27.4 Å². The number of fused-ring (bicyclic) bond motifs is 4. The average Bonchev–Trinajstić information content (AvgIpc) is 3.24. The quantitative estimate of drug-likeness (QED) is 0.633. The molecule has 0 spiro atoms. The highest BCUT2D eigenvalue weighted by Gasteiger charge is 2.50. The molecule has 1 unspecified atom stereocenters. The predicted molar refractivity (Wildman–Crippen MR) is 102 cm³/mol. The van der Waals surface area contributed by atoms with E-state index in [4.69, 9.17) is 9.47 Å². The van der Waals surface area contributed by atoms with E-state index < -0.39 is 24.5 Å². The second-order valence-corrected chi connectivity index (χ2v) is 7.68. The number of benzene rings is 1. The van der Waals surface area contributed by atoms with Crippen LogP contribution < -0.4 is 4.74 Å². The largest absolute Gasteiger partial charge is 0.490 e. The van der Waals surface area contributed by atoms with E-state index in [0.29, 0.717) is 18.8 Å². The molecule has 0 aliphatic carbocycles. The Balaban J connectivity index is 1.34. The number of esters is 1. The van der Waals surface area contributed by atoms with Crippen molar-refractivity contribution in [3.05, 3.63) is 36.5 Å². The summed E-state index contributed by atoms with van der Waals surface area (Å²) >= 11 is 0. The van der Waals surface area contributed by atoms with Crippen molar-refractivity contribution in [2.24, 2.45) is 5.92 Å². The summed E-state index contributed by atoms with van der Waals surface area (Å²) in [5, 5.41) is 16.1. The number of carbonyl (C=O) groups is 1. The number of halogens is 3. The molecule has 3 fully saturated rings. The van der Waals surface area contributed by atoms with Gasteiger partial charge in [0.05, 0.1) is 17.4 Å². The van der Waals surface area contributed by atoms with Crippen LogP contribution in [0.1, 0.15) is 12.8 Å². The van der Waals surface area contributed by atoms with Crippen LogP contribution in [-0.2, 0) is 9.53 Å². The number of aromatic nitrogens is 4. The molecule has 5 heterocycles. The molecule has 8 nitrogen and oxygen atoms in total. The van der Waals surface area contributed by atoms with E-state index in [9.17, 15) is 18.0 Å². The predicted octanol–water partition coefficient (Wildman–Crippen LogP) is 2.92. The van der Waals surface area contributed by atoms with Crippen LogP contribution in [0.5, 0.6) is 5.88 Å². The number of carbonyl (C=O) groups excluding carboxylic acids is 1. The van der Waals surface area contributed by atoms with Crippen molar-refractivity contribution >= 4 is 16.9 Å². The number of hydrogen-bond acceptors (Lipinski definition) is 7. The minimum absolute atomic E-state index is 0.0268. The Bertz CT molecular complexity index is 1090. The molecule has 0 saturated carbocycles. The number of aromatic amines is 1. The lowest BCUT2D eigenvalue weighted by Crippen LogP contribution is -2.61. The van der Waals surface area contributed by atoms with Crippen LogP contribution in [-0.4, -0.2) is 62.9 Å². The van der Waals surface area contributed by atoms with Gasteiger partial charge in [0.2, 0.25) is 5.88 Å². The molecule has 0 amide bonds. The molecule has 2 bridgehead atoms. The molecule has 2 aromatic heterocycles. The van der Waals surface area contributed by atoms with Gasteiger partial charge in [-0.3, -0.25) is 10.00 Å². The minimum atomic E-state index is -5.06. The number of nitrogens with zero attached hydrogens (tertiary/aromatic N) is 4. The number of H-pyrrole nitrogens is 1. The molecule has 31 heavy (non-hydrogen) atoms. The molecule has 0 radical (unpaired) electrons. The third-order valence-electron chi connectivity index (χ3n) is 5.77. The second-order valence-electron chi connectivity index (χ2n) is 7.68. The van der Waals surface area contributed by atoms with Gasteiger partial charge in [0.25, 0.3) is 0 Å². The lowest BCUT2D eigenvalue weighted by atomic mass is 9.84. The zero-order chi connectivity index (χ0) is 21.6. The van der Waals surface area contributed by atoms with Crippen LogP contribution >= 0.6 is 0 Å². The van der Waals surface area contributed by atoms with Gasteiger partial charge in [-0.25, -0.2) is 4.79 Å². The van der Waals surface area contributed by atoms with E-state index in [-0.39, 0.29) is 11.8 Å². The number of hydrogen-bond donors (Lipinski definition) is 1. The standard InChI is InChI=1S/C20H18F3N5O3/c21-20(22,23)19(29)31-18-17(11-5-7-28(18)8-6-11)30-16-4-3-14(26-27-16)12-1-2-15-13(9-12)10-24-25-15/h1-4,9-11,17-18H,5-8H2,(H,24,25)/t17-,18?/m0/s1. The van der Waals surface area contributed by atoms with Gasteiger partial charge in [-0.15, -0.1) is 10.2 Å². The summed E-state index contributed by atoms with van der Waals surface area (Å²) in [6.07, 6.45) is -3.69. The number of ether oxygens (including phenoxy) is 2. The van der Waals surface area contributed by atoms with Crippen LogP contribution in [0.4, 0.5) is 13.2 Å². The van der Waals surface area contributed by atoms with Crippen LogP contribution in [0.15, 0.2) is 36.5 Å². The summed E-state index contributed by atoms with van der Waals surface area (Å²) in [4.78, 5) is 13.1. The van der Waals surface area contributed by atoms with Crippen LogP contribution in [0.3, 0.4) is 0 Å². The molecule has 3 aromatic rings. The van der Waals surface area contributed by atoms with E-state index in [1.807, 2.05) is 18.2 Å². The molecular weight excluding hydrogens is 415 g/mol. The molecule has 162 valence electrons. The summed E-state index contributed by atoms with van der Waals surface area (Å²) in [5.74, 6) is -2.07. The number of piperidine rings is 3. The van der Waals surface area contributed by atoms with Crippen molar-refractivity contribution in [1.29, 1.82) is 0 Å². The topological polar surface area (TPSA) is 93.2 Å². The monoisotopic (exact) mass is 433 g/mol. The Morgan fingerprint density at radius 1 is 1.13 bits per heavy atom. The van der Waals surface area contributed by atoms with Gasteiger partial charge in [0.15, 0.2) is 12.3 Å². The first-order chi connectivity index (χ1) is 14.9. The Morgan fingerprint density at radius 3 is 2.65 bits per heavy atom. The fourth-order valence-corrected chi connectivity index (χ4v) is 4.19. The van der Waals surface area contributed by atoms with E-state index in [2.05, 4.69) is 20.4 Å². The smallest absolute Gasteiger partial charge is 0.468 e. The molecule has 1 N–H and O–H groups in total. The van der Waals surface area contributed by atoms with Crippen molar-refractivity contribution in [2.75, 3.05) is 13.1 Å². The third kappa shape index (κ3) is 3.80. The highest BCUT2D eigenvalue weighted by molar-refractivity contribution is 5.83. The molecule has 1 aromatic carbocycles. The first-order valence-corrected chi connectivity index (χ1v) is 9.84. The molecular formula is C20H18F3N5O3. The Labute approximate surface area is 174 Å². The van der Waals surface area contributed by atoms with Gasteiger partial charge in [0, 0.05) is 36.0 Å². The van der Waals surface area contributed by atoms with Crippen molar-refractivity contribution in [3.8, 4) is 17.1 Å². The molecule has 11 heteroatoms. The molecule has 6 rings (SSSR count). The lowest BCUT2D eigenvalue weighted by molar-refractivity contribution is -0.233. The zero-order valence-corrected chi connectivity index (χ0v) is 16.2. The summed E-state index contributed by atoms with van der Waals surface area (Å²) in [6, 6.07) is 9.02.